The Bertz CT molecular complexity index is 415. The number of hydrogen-bond acceptors (Lipinski definition) is 4. The molecule has 0 bridgehead atoms. The molecule has 0 spiro atoms. The molecule has 0 saturated carbocycles. The highest BCUT2D eigenvalue weighted by Gasteiger charge is 2.14. The van der Waals surface area contributed by atoms with Crippen LogP contribution < -0.4 is 4.90 Å². The number of aryl methyl sites for hydroxylation is 2. The van der Waals surface area contributed by atoms with Gasteiger partial charge in [-0.25, -0.2) is 0 Å². The molecule has 1 aromatic heterocycles. The number of likely N-dealkylation sites (N-methyl/N-ethyl adjacent to an activating group) is 2. The summed E-state index contributed by atoms with van der Waals surface area (Å²) in [4.78, 5) is 15.6. The fraction of sp³-hybridized carbons (Fsp3) is 0.615. The third-order valence-corrected chi connectivity index (χ3v) is 3.10. The van der Waals surface area contributed by atoms with Crippen LogP contribution in [0.5, 0.6) is 0 Å². The molecule has 0 N–H and O–H groups in total. The van der Waals surface area contributed by atoms with Crippen molar-refractivity contribution in [2.24, 2.45) is 0 Å². The summed E-state index contributed by atoms with van der Waals surface area (Å²) in [6, 6.07) is 1.96. The van der Waals surface area contributed by atoms with Gasteiger partial charge in [0.05, 0.1) is 12.2 Å². The number of carbonyl (C=O) groups is 1. The smallest absolute Gasteiger partial charge is 0.242 e. The van der Waals surface area contributed by atoms with E-state index in [2.05, 4.69) is 10.2 Å². The number of carbonyl (C=O) groups excluding carboxylic acids is 1. The molecule has 0 aromatic carbocycles. The standard InChI is InChI=1S/C13H22N4O/c1-6-17(7-2)13(18)9-16(5)12-8-10(3)11(4)14-15-12/h8H,6-7,9H2,1-5H3. The molecule has 5 nitrogen and oxygen atoms in total. The summed E-state index contributed by atoms with van der Waals surface area (Å²) in [5.74, 6) is 0.848. The summed E-state index contributed by atoms with van der Waals surface area (Å²) < 4.78 is 0. The molecular formula is C13H22N4O. The zero-order valence-electron chi connectivity index (χ0n) is 11.9. The minimum atomic E-state index is 0.113. The molecule has 0 aliphatic carbocycles. The first-order valence-electron chi connectivity index (χ1n) is 6.29. The van der Waals surface area contributed by atoms with E-state index in [1.54, 1.807) is 0 Å². The van der Waals surface area contributed by atoms with E-state index >= 15 is 0 Å². The van der Waals surface area contributed by atoms with Gasteiger partial charge in [-0.05, 0) is 39.3 Å². The van der Waals surface area contributed by atoms with Gasteiger partial charge >= 0.3 is 0 Å². The van der Waals surface area contributed by atoms with Crippen LogP contribution >= 0.6 is 0 Å². The Balaban J connectivity index is 2.73. The maximum atomic E-state index is 12.0. The molecule has 0 aliphatic heterocycles. The molecule has 0 unspecified atom stereocenters. The molecule has 0 aliphatic rings. The van der Waals surface area contributed by atoms with E-state index in [1.807, 2.05) is 50.6 Å². The number of anilines is 1. The summed E-state index contributed by atoms with van der Waals surface area (Å²) in [5, 5.41) is 8.18. The molecule has 0 radical (unpaired) electrons. The van der Waals surface area contributed by atoms with Crippen molar-refractivity contribution in [1.29, 1.82) is 0 Å². The van der Waals surface area contributed by atoms with E-state index in [-0.39, 0.29) is 5.91 Å². The number of amides is 1. The number of rotatable bonds is 5. The van der Waals surface area contributed by atoms with Crippen molar-refractivity contribution in [3.8, 4) is 0 Å². The van der Waals surface area contributed by atoms with Crippen LogP contribution in [0.25, 0.3) is 0 Å². The predicted molar refractivity (Wildman–Crippen MR) is 72.7 cm³/mol. The lowest BCUT2D eigenvalue weighted by Gasteiger charge is -2.23. The summed E-state index contributed by atoms with van der Waals surface area (Å²) in [6.45, 7) is 9.69. The molecule has 0 fully saturated rings. The summed E-state index contributed by atoms with van der Waals surface area (Å²) >= 11 is 0. The minimum Gasteiger partial charge on any atom is -0.349 e. The van der Waals surface area contributed by atoms with Gasteiger partial charge in [0.1, 0.15) is 0 Å². The zero-order chi connectivity index (χ0) is 13.7. The lowest BCUT2D eigenvalue weighted by atomic mass is 10.2. The van der Waals surface area contributed by atoms with Gasteiger partial charge in [-0.3, -0.25) is 4.79 Å². The Labute approximate surface area is 109 Å². The second-order valence-electron chi connectivity index (χ2n) is 4.39. The number of nitrogens with zero attached hydrogens (tertiary/aromatic N) is 4. The average Bonchev–Trinajstić information content (AvgIpc) is 2.34. The topological polar surface area (TPSA) is 49.3 Å². The molecule has 0 saturated heterocycles. The lowest BCUT2D eigenvalue weighted by Crippen LogP contribution is -2.39. The van der Waals surface area contributed by atoms with Crippen molar-refractivity contribution in [2.75, 3.05) is 31.6 Å². The first-order chi connectivity index (χ1) is 8.49. The average molecular weight is 250 g/mol. The molecular weight excluding hydrogens is 228 g/mol. The fourth-order valence-corrected chi connectivity index (χ4v) is 1.68. The Hall–Kier alpha value is -1.65. The third kappa shape index (κ3) is 3.42. The normalized spacial score (nSPS) is 10.3. The predicted octanol–water partition coefficient (Wildman–Crippen LogP) is 1.40. The molecule has 100 valence electrons. The van der Waals surface area contributed by atoms with Gasteiger partial charge in [0.25, 0.3) is 0 Å². The molecule has 1 rings (SSSR count). The maximum absolute atomic E-state index is 12.0. The molecule has 18 heavy (non-hydrogen) atoms. The van der Waals surface area contributed by atoms with E-state index in [4.69, 9.17) is 0 Å². The SMILES string of the molecule is CCN(CC)C(=O)CN(C)c1cc(C)c(C)nn1. The monoisotopic (exact) mass is 250 g/mol. The van der Waals surface area contributed by atoms with Crippen molar-refractivity contribution in [3.63, 3.8) is 0 Å². The summed E-state index contributed by atoms with van der Waals surface area (Å²) in [6.07, 6.45) is 0. The first-order valence-corrected chi connectivity index (χ1v) is 6.29. The highest BCUT2D eigenvalue weighted by Crippen LogP contribution is 2.11. The molecule has 1 heterocycles. The van der Waals surface area contributed by atoms with Crippen LogP contribution in [-0.2, 0) is 4.79 Å². The van der Waals surface area contributed by atoms with Crippen molar-refractivity contribution >= 4 is 11.7 Å². The van der Waals surface area contributed by atoms with E-state index in [0.717, 1.165) is 30.2 Å². The van der Waals surface area contributed by atoms with Crippen LogP contribution in [0.1, 0.15) is 25.1 Å². The van der Waals surface area contributed by atoms with Crippen LogP contribution in [0.4, 0.5) is 5.82 Å². The van der Waals surface area contributed by atoms with Gasteiger partial charge in [0.2, 0.25) is 5.91 Å². The van der Waals surface area contributed by atoms with Gasteiger partial charge in [0, 0.05) is 20.1 Å². The van der Waals surface area contributed by atoms with E-state index in [1.165, 1.54) is 0 Å². The largest absolute Gasteiger partial charge is 0.349 e. The van der Waals surface area contributed by atoms with Crippen LogP contribution in [0.15, 0.2) is 6.07 Å². The molecule has 1 amide bonds. The highest BCUT2D eigenvalue weighted by molar-refractivity contribution is 5.81. The van der Waals surface area contributed by atoms with Crippen molar-refractivity contribution in [2.45, 2.75) is 27.7 Å². The Morgan fingerprint density at radius 2 is 1.83 bits per heavy atom. The van der Waals surface area contributed by atoms with Crippen molar-refractivity contribution in [1.82, 2.24) is 15.1 Å². The molecule has 1 aromatic rings. The van der Waals surface area contributed by atoms with Crippen LogP contribution in [0.3, 0.4) is 0 Å². The fourth-order valence-electron chi connectivity index (χ4n) is 1.68. The van der Waals surface area contributed by atoms with Crippen molar-refractivity contribution < 1.29 is 4.79 Å². The third-order valence-electron chi connectivity index (χ3n) is 3.10. The Kier molecular flexibility index (Phi) is 5.07. The zero-order valence-corrected chi connectivity index (χ0v) is 11.9. The Morgan fingerprint density at radius 3 is 2.33 bits per heavy atom. The van der Waals surface area contributed by atoms with Gasteiger partial charge in [-0.1, -0.05) is 0 Å². The molecule has 5 heteroatoms. The van der Waals surface area contributed by atoms with Gasteiger partial charge in [-0.15, -0.1) is 5.10 Å². The minimum absolute atomic E-state index is 0.113. The van der Waals surface area contributed by atoms with E-state index < -0.39 is 0 Å². The highest BCUT2D eigenvalue weighted by atomic mass is 16.2. The van der Waals surface area contributed by atoms with E-state index in [0.29, 0.717) is 6.54 Å². The second-order valence-corrected chi connectivity index (χ2v) is 4.39. The number of hydrogen-bond donors (Lipinski definition) is 0. The van der Waals surface area contributed by atoms with E-state index in [9.17, 15) is 4.79 Å². The quantitative estimate of drug-likeness (QED) is 0.792. The summed E-state index contributed by atoms with van der Waals surface area (Å²) in [5.41, 5.74) is 2.00. The van der Waals surface area contributed by atoms with Crippen LogP contribution in [-0.4, -0.2) is 47.7 Å². The second kappa shape index (κ2) is 6.33. The van der Waals surface area contributed by atoms with Gasteiger partial charge in [-0.2, -0.15) is 5.10 Å². The summed E-state index contributed by atoms with van der Waals surface area (Å²) in [7, 11) is 1.86. The maximum Gasteiger partial charge on any atom is 0.242 e. The lowest BCUT2D eigenvalue weighted by molar-refractivity contribution is -0.129. The molecule has 0 atom stereocenters. The van der Waals surface area contributed by atoms with Crippen LogP contribution in [0, 0.1) is 13.8 Å². The van der Waals surface area contributed by atoms with Crippen LogP contribution in [0.2, 0.25) is 0 Å². The van der Waals surface area contributed by atoms with Gasteiger partial charge < -0.3 is 9.80 Å². The van der Waals surface area contributed by atoms with Gasteiger partial charge in [0.15, 0.2) is 5.82 Å². The first kappa shape index (κ1) is 14.4. The van der Waals surface area contributed by atoms with Crippen molar-refractivity contribution in [3.05, 3.63) is 17.3 Å². The Morgan fingerprint density at radius 1 is 1.22 bits per heavy atom. The number of aromatic nitrogens is 2.